The Bertz CT molecular complexity index is 744. The van der Waals surface area contributed by atoms with Crippen LogP contribution < -0.4 is 5.32 Å². The molecule has 24 heavy (non-hydrogen) atoms. The predicted molar refractivity (Wildman–Crippen MR) is 85.8 cm³/mol. The lowest BCUT2D eigenvalue weighted by molar-refractivity contribution is -0.385. The SMILES string of the molecule is Cc1cc(NC(=O)N2CCO[C@H](c3ccco3)C2)ccc1[N+](=O)[O-]. The van der Waals surface area contributed by atoms with Crippen LogP contribution in [0.1, 0.15) is 17.4 Å². The van der Waals surface area contributed by atoms with E-state index < -0.39 is 4.92 Å². The largest absolute Gasteiger partial charge is 0.467 e. The van der Waals surface area contributed by atoms with E-state index in [0.29, 0.717) is 36.7 Å². The maximum Gasteiger partial charge on any atom is 0.322 e. The van der Waals surface area contributed by atoms with Gasteiger partial charge in [0.15, 0.2) is 0 Å². The Morgan fingerprint density at radius 2 is 2.25 bits per heavy atom. The first kappa shape index (κ1) is 16.0. The average molecular weight is 331 g/mol. The van der Waals surface area contributed by atoms with Crippen LogP contribution in [-0.2, 0) is 4.74 Å². The molecule has 0 spiro atoms. The lowest BCUT2D eigenvalue weighted by Crippen LogP contribution is -2.44. The number of hydrogen-bond acceptors (Lipinski definition) is 5. The van der Waals surface area contributed by atoms with Gasteiger partial charge in [-0.2, -0.15) is 0 Å². The van der Waals surface area contributed by atoms with Gasteiger partial charge in [-0.25, -0.2) is 4.79 Å². The van der Waals surface area contributed by atoms with Crippen molar-refractivity contribution in [2.75, 3.05) is 25.0 Å². The molecule has 3 rings (SSSR count). The van der Waals surface area contributed by atoms with Crippen LogP contribution >= 0.6 is 0 Å². The molecule has 126 valence electrons. The third-order valence-corrected chi connectivity index (χ3v) is 3.86. The average Bonchev–Trinajstić information content (AvgIpc) is 3.09. The molecular formula is C16H17N3O5. The normalized spacial score (nSPS) is 17.5. The third-order valence-electron chi connectivity index (χ3n) is 3.86. The highest BCUT2D eigenvalue weighted by molar-refractivity contribution is 5.89. The molecule has 2 aromatic rings. The monoisotopic (exact) mass is 331 g/mol. The summed E-state index contributed by atoms with van der Waals surface area (Å²) in [5.74, 6) is 0.679. The van der Waals surface area contributed by atoms with Gasteiger partial charge in [0.05, 0.1) is 24.3 Å². The molecule has 0 radical (unpaired) electrons. The minimum Gasteiger partial charge on any atom is -0.467 e. The summed E-state index contributed by atoms with van der Waals surface area (Å²) < 4.78 is 10.9. The van der Waals surface area contributed by atoms with Crippen molar-refractivity contribution in [2.45, 2.75) is 13.0 Å². The van der Waals surface area contributed by atoms with Crippen LogP contribution in [0.5, 0.6) is 0 Å². The Morgan fingerprint density at radius 1 is 1.42 bits per heavy atom. The van der Waals surface area contributed by atoms with Gasteiger partial charge in [-0.05, 0) is 31.2 Å². The number of benzene rings is 1. The van der Waals surface area contributed by atoms with Gasteiger partial charge in [-0.15, -0.1) is 0 Å². The minimum atomic E-state index is -0.448. The molecule has 1 aliphatic rings. The Balaban J connectivity index is 1.66. The molecule has 1 aliphatic heterocycles. The number of hydrogen-bond donors (Lipinski definition) is 1. The summed E-state index contributed by atoms with van der Waals surface area (Å²) in [5, 5.41) is 13.6. The Hall–Kier alpha value is -2.87. The molecule has 0 bridgehead atoms. The first-order chi connectivity index (χ1) is 11.5. The zero-order valence-electron chi connectivity index (χ0n) is 13.1. The van der Waals surface area contributed by atoms with Crippen molar-refractivity contribution in [1.82, 2.24) is 4.90 Å². The first-order valence-corrected chi connectivity index (χ1v) is 7.50. The van der Waals surface area contributed by atoms with Gasteiger partial charge in [0.25, 0.3) is 5.69 Å². The van der Waals surface area contributed by atoms with Gasteiger partial charge >= 0.3 is 6.03 Å². The molecule has 1 atom stereocenters. The number of amides is 2. The van der Waals surface area contributed by atoms with Crippen molar-refractivity contribution in [2.24, 2.45) is 0 Å². The van der Waals surface area contributed by atoms with E-state index in [-0.39, 0.29) is 17.8 Å². The molecule has 8 nitrogen and oxygen atoms in total. The number of anilines is 1. The Kier molecular flexibility index (Phi) is 4.48. The number of urea groups is 1. The van der Waals surface area contributed by atoms with E-state index in [1.807, 2.05) is 6.07 Å². The number of morpholine rings is 1. The second-order valence-corrected chi connectivity index (χ2v) is 5.51. The van der Waals surface area contributed by atoms with Crippen molar-refractivity contribution in [1.29, 1.82) is 0 Å². The number of nitro groups is 1. The maximum absolute atomic E-state index is 12.4. The fourth-order valence-corrected chi connectivity index (χ4v) is 2.62. The molecule has 8 heteroatoms. The third kappa shape index (κ3) is 3.38. The van der Waals surface area contributed by atoms with E-state index in [1.165, 1.54) is 12.1 Å². The van der Waals surface area contributed by atoms with Crippen LogP contribution in [0.4, 0.5) is 16.2 Å². The maximum atomic E-state index is 12.4. The summed E-state index contributed by atoms with van der Waals surface area (Å²) in [7, 11) is 0. The van der Waals surface area contributed by atoms with E-state index >= 15 is 0 Å². The second-order valence-electron chi connectivity index (χ2n) is 5.51. The van der Waals surface area contributed by atoms with Gasteiger partial charge < -0.3 is 19.4 Å². The number of furan rings is 1. The number of rotatable bonds is 3. The van der Waals surface area contributed by atoms with Gasteiger partial charge in [0.2, 0.25) is 0 Å². The molecule has 2 heterocycles. The molecule has 1 saturated heterocycles. The number of ether oxygens (including phenoxy) is 1. The minimum absolute atomic E-state index is 0.0252. The van der Waals surface area contributed by atoms with Crippen LogP contribution in [0.3, 0.4) is 0 Å². The number of nitro benzene ring substituents is 1. The Labute approximate surface area is 138 Å². The van der Waals surface area contributed by atoms with E-state index in [9.17, 15) is 14.9 Å². The lowest BCUT2D eigenvalue weighted by atomic mass is 10.2. The highest BCUT2D eigenvalue weighted by atomic mass is 16.6. The van der Waals surface area contributed by atoms with Gasteiger partial charge in [-0.3, -0.25) is 10.1 Å². The molecular weight excluding hydrogens is 314 g/mol. The highest BCUT2D eigenvalue weighted by Gasteiger charge is 2.27. The van der Waals surface area contributed by atoms with Crippen molar-refractivity contribution < 1.29 is 18.9 Å². The fraction of sp³-hybridized carbons (Fsp3) is 0.312. The quantitative estimate of drug-likeness (QED) is 0.688. The van der Waals surface area contributed by atoms with Gasteiger partial charge in [0.1, 0.15) is 11.9 Å². The van der Waals surface area contributed by atoms with Gasteiger partial charge in [-0.1, -0.05) is 0 Å². The smallest absolute Gasteiger partial charge is 0.322 e. The van der Waals surface area contributed by atoms with Crippen LogP contribution in [0.25, 0.3) is 0 Å². The van der Waals surface area contributed by atoms with Crippen LogP contribution in [0, 0.1) is 17.0 Å². The standard InChI is InChI=1S/C16H17N3O5/c1-11-9-12(4-5-13(11)19(21)22)17-16(20)18-6-8-24-15(10-18)14-3-2-7-23-14/h2-5,7,9,15H,6,8,10H2,1H3,(H,17,20)/t15-/m0/s1. The molecule has 1 fully saturated rings. The topological polar surface area (TPSA) is 97.9 Å². The Morgan fingerprint density at radius 3 is 2.92 bits per heavy atom. The zero-order chi connectivity index (χ0) is 17.1. The van der Waals surface area contributed by atoms with Crippen molar-refractivity contribution in [3.05, 3.63) is 58.0 Å². The number of carbonyl (C=O) groups is 1. The van der Waals surface area contributed by atoms with Crippen LogP contribution in [-0.4, -0.2) is 35.6 Å². The van der Waals surface area contributed by atoms with Crippen molar-refractivity contribution in [3.63, 3.8) is 0 Å². The van der Waals surface area contributed by atoms with Gasteiger partial charge in [0, 0.05) is 23.9 Å². The summed E-state index contributed by atoms with van der Waals surface area (Å²) in [6.45, 7) is 2.90. The van der Waals surface area contributed by atoms with E-state index in [1.54, 1.807) is 30.2 Å². The van der Waals surface area contributed by atoms with Crippen molar-refractivity contribution >= 4 is 17.4 Å². The molecule has 0 saturated carbocycles. The molecule has 1 N–H and O–H groups in total. The fourth-order valence-electron chi connectivity index (χ4n) is 2.62. The molecule has 1 aromatic heterocycles. The number of aryl methyl sites for hydroxylation is 1. The summed E-state index contributed by atoms with van der Waals surface area (Å²) >= 11 is 0. The summed E-state index contributed by atoms with van der Waals surface area (Å²) in [6, 6.07) is 7.80. The molecule has 0 unspecified atom stereocenters. The van der Waals surface area contributed by atoms with E-state index in [4.69, 9.17) is 9.15 Å². The highest BCUT2D eigenvalue weighted by Crippen LogP contribution is 2.24. The second kappa shape index (κ2) is 6.71. The number of carbonyl (C=O) groups excluding carboxylic acids is 1. The molecule has 2 amide bonds. The van der Waals surface area contributed by atoms with Crippen molar-refractivity contribution in [3.8, 4) is 0 Å². The summed E-state index contributed by atoms with van der Waals surface area (Å²) in [6.07, 6.45) is 1.27. The molecule has 0 aliphatic carbocycles. The van der Waals surface area contributed by atoms with Crippen LogP contribution in [0.2, 0.25) is 0 Å². The predicted octanol–water partition coefficient (Wildman–Crippen LogP) is 3.10. The number of nitrogens with one attached hydrogen (secondary N) is 1. The number of nitrogens with zero attached hydrogens (tertiary/aromatic N) is 2. The lowest BCUT2D eigenvalue weighted by Gasteiger charge is -2.32. The molecule has 1 aromatic carbocycles. The van der Waals surface area contributed by atoms with E-state index in [0.717, 1.165) is 0 Å². The van der Waals surface area contributed by atoms with Crippen LogP contribution in [0.15, 0.2) is 41.0 Å². The zero-order valence-corrected chi connectivity index (χ0v) is 13.1. The van der Waals surface area contributed by atoms with E-state index in [2.05, 4.69) is 5.32 Å². The summed E-state index contributed by atoms with van der Waals surface area (Å²) in [4.78, 5) is 24.4. The first-order valence-electron chi connectivity index (χ1n) is 7.50. The summed E-state index contributed by atoms with van der Waals surface area (Å²) in [5.41, 5.74) is 1.04.